The fraction of sp³-hybridized carbons (Fsp3) is 0.190. The normalized spacial score (nSPS) is 27.3. The van der Waals surface area contributed by atoms with Crippen LogP contribution in [-0.2, 0) is 9.59 Å². The van der Waals surface area contributed by atoms with Crippen LogP contribution in [0.1, 0.15) is 27.5 Å². The summed E-state index contributed by atoms with van der Waals surface area (Å²) in [6.07, 6.45) is 3.71. The van der Waals surface area contributed by atoms with Gasteiger partial charge in [-0.25, -0.2) is 0 Å². The molecule has 2 fully saturated rings. The van der Waals surface area contributed by atoms with Crippen molar-refractivity contribution in [2.45, 2.75) is 12.1 Å². The van der Waals surface area contributed by atoms with Crippen molar-refractivity contribution in [2.24, 2.45) is 11.8 Å². The smallest absolute Gasteiger partial charge is 0.233 e. The van der Waals surface area contributed by atoms with Crippen molar-refractivity contribution >= 4 is 46.9 Å². The lowest BCUT2D eigenvalue weighted by molar-refractivity contribution is -0.127. The number of nitrogens with zero attached hydrogens (tertiary/aromatic N) is 1. The molecule has 5 rings (SSSR count). The molecule has 140 valence electrons. The molecule has 0 spiro atoms. The molecule has 7 heteroatoms. The van der Waals surface area contributed by atoms with E-state index in [1.165, 1.54) is 6.07 Å². The summed E-state index contributed by atoms with van der Waals surface area (Å²) in [5.41, 5.74) is 2.20. The Kier molecular flexibility index (Phi) is 3.86. The molecule has 2 amide bonds. The number of fused-ring (bicyclic) bond motifs is 5. The summed E-state index contributed by atoms with van der Waals surface area (Å²) >= 11 is 12.2. The molecule has 1 N–H and O–H groups in total. The second-order valence-electron chi connectivity index (χ2n) is 7.18. The van der Waals surface area contributed by atoms with Gasteiger partial charge >= 0.3 is 0 Å². The SMILES string of the molecule is O=C1NC(=O)[C@@H]2[C@@H]1[C@@H](C(=O)c1ccc(Cl)cc1Cl)N1C=Cc3ccccc3[C@@H]21. The highest BCUT2D eigenvalue weighted by molar-refractivity contribution is 6.37. The highest BCUT2D eigenvalue weighted by atomic mass is 35.5. The topological polar surface area (TPSA) is 66.5 Å². The van der Waals surface area contributed by atoms with Crippen LogP contribution in [0.15, 0.2) is 48.7 Å². The van der Waals surface area contributed by atoms with Crippen molar-refractivity contribution in [2.75, 3.05) is 0 Å². The molecule has 28 heavy (non-hydrogen) atoms. The number of benzene rings is 2. The highest BCUT2D eigenvalue weighted by Crippen LogP contribution is 2.51. The highest BCUT2D eigenvalue weighted by Gasteiger charge is 2.61. The first-order chi connectivity index (χ1) is 13.5. The fourth-order valence-electron chi connectivity index (χ4n) is 4.62. The summed E-state index contributed by atoms with van der Waals surface area (Å²) in [5, 5.41) is 3.05. The van der Waals surface area contributed by atoms with E-state index in [9.17, 15) is 14.4 Å². The van der Waals surface area contributed by atoms with Crippen molar-refractivity contribution in [1.82, 2.24) is 10.2 Å². The number of hydrogen-bond acceptors (Lipinski definition) is 4. The molecule has 0 aliphatic carbocycles. The molecule has 0 radical (unpaired) electrons. The Labute approximate surface area is 170 Å². The van der Waals surface area contributed by atoms with Crippen LogP contribution in [0.5, 0.6) is 0 Å². The van der Waals surface area contributed by atoms with Crippen LogP contribution in [-0.4, -0.2) is 28.5 Å². The van der Waals surface area contributed by atoms with Gasteiger partial charge in [-0.3, -0.25) is 19.7 Å². The van der Waals surface area contributed by atoms with E-state index in [-0.39, 0.29) is 28.3 Å². The van der Waals surface area contributed by atoms with E-state index in [1.54, 1.807) is 18.3 Å². The predicted octanol–water partition coefficient (Wildman–Crippen LogP) is 3.47. The number of hydrogen-bond donors (Lipinski definition) is 1. The van der Waals surface area contributed by atoms with Gasteiger partial charge in [0.05, 0.1) is 22.9 Å². The van der Waals surface area contributed by atoms with E-state index in [2.05, 4.69) is 5.32 Å². The van der Waals surface area contributed by atoms with E-state index >= 15 is 0 Å². The maximum atomic E-state index is 13.4. The third kappa shape index (κ3) is 2.36. The molecule has 0 bridgehead atoms. The lowest BCUT2D eigenvalue weighted by atomic mass is 9.83. The van der Waals surface area contributed by atoms with Crippen molar-refractivity contribution in [1.29, 1.82) is 0 Å². The van der Waals surface area contributed by atoms with Gasteiger partial charge in [0.25, 0.3) is 0 Å². The average molecular weight is 413 g/mol. The van der Waals surface area contributed by atoms with Gasteiger partial charge in [0.2, 0.25) is 11.8 Å². The standard InChI is InChI=1S/C21H14Cl2N2O3/c22-11-5-6-13(14(23)9-11)19(26)18-16-15(20(27)24-21(16)28)17-12-4-2-1-3-10(12)7-8-25(17)18/h1-9,15-18H,(H,24,27,28)/t15-,16-,17+,18+/m1/s1. The number of halogens is 2. The van der Waals surface area contributed by atoms with Crippen LogP contribution < -0.4 is 5.32 Å². The van der Waals surface area contributed by atoms with Crippen LogP contribution in [0.2, 0.25) is 10.0 Å². The molecule has 4 atom stereocenters. The van der Waals surface area contributed by atoms with Gasteiger partial charge in [-0.1, -0.05) is 47.5 Å². The Morgan fingerprint density at radius 2 is 1.75 bits per heavy atom. The molecular formula is C21H14Cl2N2O3. The van der Waals surface area contributed by atoms with E-state index in [0.29, 0.717) is 5.02 Å². The quantitative estimate of drug-likeness (QED) is 0.605. The number of nitrogens with one attached hydrogen (secondary N) is 1. The van der Waals surface area contributed by atoms with Crippen LogP contribution >= 0.6 is 23.2 Å². The Balaban J connectivity index is 1.65. The van der Waals surface area contributed by atoms with E-state index < -0.39 is 23.8 Å². The maximum absolute atomic E-state index is 13.4. The Morgan fingerprint density at radius 1 is 1.00 bits per heavy atom. The summed E-state index contributed by atoms with van der Waals surface area (Å²) in [7, 11) is 0. The second-order valence-corrected chi connectivity index (χ2v) is 8.02. The van der Waals surface area contributed by atoms with Crippen LogP contribution in [0.25, 0.3) is 6.08 Å². The zero-order valence-corrected chi connectivity index (χ0v) is 15.9. The summed E-state index contributed by atoms with van der Waals surface area (Å²) in [4.78, 5) is 40.5. The van der Waals surface area contributed by atoms with Crippen molar-refractivity contribution < 1.29 is 14.4 Å². The minimum atomic E-state index is -0.815. The zero-order valence-electron chi connectivity index (χ0n) is 14.4. The molecule has 3 heterocycles. The number of imide groups is 1. The van der Waals surface area contributed by atoms with Crippen molar-refractivity contribution in [3.63, 3.8) is 0 Å². The minimum Gasteiger partial charge on any atom is -0.358 e. The number of Topliss-reactive ketones (excluding diaryl/α,β-unsaturated/α-hetero) is 1. The predicted molar refractivity (Wildman–Crippen MR) is 105 cm³/mol. The minimum absolute atomic E-state index is 0.226. The number of ketones is 1. The van der Waals surface area contributed by atoms with Gasteiger partial charge in [-0.05, 0) is 35.4 Å². The summed E-state index contributed by atoms with van der Waals surface area (Å²) in [6.45, 7) is 0. The molecule has 2 aromatic rings. The first kappa shape index (κ1) is 17.5. The molecule has 0 saturated carbocycles. The molecule has 5 nitrogen and oxygen atoms in total. The summed E-state index contributed by atoms with van der Waals surface area (Å²) in [5.74, 6) is -2.45. The van der Waals surface area contributed by atoms with Gasteiger partial charge in [-0.15, -0.1) is 0 Å². The molecule has 3 aliphatic heterocycles. The maximum Gasteiger partial charge on any atom is 0.233 e. The molecule has 0 aromatic heterocycles. The second kappa shape index (κ2) is 6.19. The monoisotopic (exact) mass is 412 g/mol. The summed E-state index contributed by atoms with van der Waals surface area (Å²) in [6, 6.07) is 11.2. The van der Waals surface area contributed by atoms with Crippen LogP contribution in [0.3, 0.4) is 0 Å². The fourth-order valence-corrected chi connectivity index (χ4v) is 5.12. The first-order valence-electron chi connectivity index (χ1n) is 8.86. The molecule has 2 aromatic carbocycles. The van der Waals surface area contributed by atoms with Gasteiger partial charge < -0.3 is 4.90 Å². The largest absolute Gasteiger partial charge is 0.358 e. The first-order valence-corrected chi connectivity index (χ1v) is 9.61. The van der Waals surface area contributed by atoms with Crippen molar-refractivity contribution in [3.05, 3.63) is 75.4 Å². The van der Waals surface area contributed by atoms with Crippen molar-refractivity contribution in [3.8, 4) is 0 Å². The number of rotatable bonds is 2. The van der Waals surface area contributed by atoms with Crippen LogP contribution in [0, 0.1) is 11.8 Å². The number of amides is 2. The van der Waals surface area contributed by atoms with Gasteiger partial charge in [0, 0.05) is 16.8 Å². The molecule has 2 saturated heterocycles. The third-order valence-corrected chi connectivity index (χ3v) is 6.32. The Morgan fingerprint density at radius 3 is 2.54 bits per heavy atom. The van der Waals surface area contributed by atoms with Gasteiger partial charge in [-0.2, -0.15) is 0 Å². The van der Waals surface area contributed by atoms with Crippen LogP contribution in [0.4, 0.5) is 0 Å². The lowest BCUT2D eigenvalue weighted by Crippen LogP contribution is -2.43. The van der Waals surface area contributed by atoms with E-state index in [1.807, 2.05) is 35.2 Å². The number of carbonyl (C=O) groups is 3. The van der Waals surface area contributed by atoms with E-state index in [0.717, 1.165) is 11.1 Å². The van der Waals surface area contributed by atoms with Gasteiger partial charge in [0.1, 0.15) is 6.04 Å². The average Bonchev–Trinajstić information content (AvgIpc) is 3.16. The van der Waals surface area contributed by atoms with Gasteiger partial charge in [0.15, 0.2) is 5.78 Å². The zero-order chi connectivity index (χ0) is 19.6. The summed E-state index contributed by atoms with van der Waals surface area (Å²) < 4.78 is 0. The molecular weight excluding hydrogens is 399 g/mol. The molecule has 0 unspecified atom stereocenters. The Bertz CT molecular complexity index is 1080. The Hall–Kier alpha value is -2.63. The molecule has 3 aliphatic rings. The number of carbonyl (C=O) groups excluding carboxylic acids is 3. The lowest BCUT2D eigenvalue weighted by Gasteiger charge is -2.34. The van der Waals surface area contributed by atoms with E-state index in [4.69, 9.17) is 23.2 Å². The third-order valence-electron chi connectivity index (χ3n) is 5.77.